The van der Waals surface area contributed by atoms with Gasteiger partial charge in [-0.15, -0.1) is 0 Å². The molecule has 1 amide bonds. The fraction of sp³-hybridized carbons (Fsp3) is 0.500. The Morgan fingerprint density at radius 1 is 1.11 bits per heavy atom. The average Bonchev–Trinajstić information content (AvgIpc) is 3.76. The lowest BCUT2D eigenvalue weighted by Gasteiger charge is -2.31. The highest BCUT2D eigenvalue weighted by Gasteiger charge is 2.45. The number of carbonyl (C=O) groups is 1. The van der Waals surface area contributed by atoms with Gasteiger partial charge in [-0.2, -0.15) is 9.97 Å². The Balaban J connectivity index is 1.24. The molecule has 9 nitrogen and oxygen atoms in total. The van der Waals surface area contributed by atoms with E-state index in [4.69, 9.17) is 31.0 Å². The molecule has 3 fully saturated rings. The quantitative estimate of drug-likeness (QED) is 0.204. The zero-order chi connectivity index (χ0) is 32.9. The predicted octanol–water partition coefficient (Wildman–Crippen LogP) is 7.34. The number of pyridine rings is 1. The maximum Gasteiger partial charge on any atom is 0.410 e. The van der Waals surface area contributed by atoms with Crippen molar-refractivity contribution in [2.75, 3.05) is 51.3 Å². The number of hydrogen-bond donors (Lipinski definition) is 0. The van der Waals surface area contributed by atoms with Gasteiger partial charge >= 0.3 is 12.1 Å². The van der Waals surface area contributed by atoms with Crippen molar-refractivity contribution in [3.8, 4) is 17.3 Å². The summed E-state index contributed by atoms with van der Waals surface area (Å²) >= 11 is 6.63. The Labute approximate surface area is 280 Å². The number of benzene rings is 2. The first-order chi connectivity index (χ1) is 22.5. The molecule has 11 heteroatoms. The lowest BCUT2D eigenvalue weighted by atomic mass is 9.95. The molecule has 0 bridgehead atoms. The van der Waals surface area contributed by atoms with Crippen LogP contribution in [-0.4, -0.2) is 88.4 Å². The number of aromatic nitrogens is 3. The molecule has 0 unspecified atom stereocenters. The molecule has 4 aromatic rings. The van der Waals surface area contributed by atoms with Gasteiger partial charge in [-0.1, -0.05) is 41.9 Å². The van der Waals surface area contributed by atoms with Gasteiger partial charge in [0.2, 0.25) is 0 Å². The second-order valence-corrected chi connectivity index (χ2v) is 14.7. The topological polar surface area (TPSA) is 83.9 Å². The van der Waals surface area contributed by atoms with Gasteiger partial charge in [0, 0.05) is 48.9 Å². The molecule has 3 aliphatic rings. The SMILES string of the molecule is CN(C[C@H]1CCN(c2nc(OCC34CCCN3CCC4)nc3c(F)c(-c4cccc5cccc(Cl)c45)ncc23)C1)C(=O)OC(C)(C)C. The fourth-order valence-corrected chi connectivity index (χ4v) is 7.93. The van der Waals surface area contributed by atoms with Crippen LogP contribution >= 0.6 is 11.6 Å². The van der Waals surface area contributed by atoms with Gasteiger partial charge in [0.15, 0.2) is 5.82 Å². The maximum atomic E-state index is 16.8. The second-order valence-electron chi connectivity index (χ2n) is 14.3. The van der Waals surface area contributed by atoms with Crippen LogP contribution in [0, 0.1) is 11.7 Å². The van der Waals surface area contributed by atoms with E-state index in [2.05, 4.69) is 14.8 Å². The summed E-state index contributed by atoms with van der Waals surface area (Å²) in [6.45, 7) is 10.1. The third-order valence-corrected chi connectivity index (χ3v) is 10.2. The minimum absolute atomic E-state index is 0.00881. The summed E-state index contributed by atoms with van der Waals surface area (Å²) in [4.78, 5) is 33.2. The zero-order valence-electron chi connectivity index (χ0n) is 27.6. The molecule has 1 atom stereocenters. The molecular formula is C36H42ClFN6O3. The van der Waals surface area contributed by atoms with E-state index in [-0.39, 0.29) is 34.8 Å². The third kappa shape index (κ3) is 6.18. The van der Waals surface area contributed by atoms with Gasteiger partial charge in [-0.05, 0) is 83.3 Å². The van der Waals surface area contributed by atoms with Crippen molar-refractivity contribution in [1.82, 2.24) is 24.8 Å². The van der Waals surface area contributed by atoms with E-state index < -0.39 is 11.4 Å². The molecule has 0 radical (unpaired) electrons. The average molecular weight is 661 g/mol. The smallest absolute Gasteiger partial charge is 0.410 e. The molecule has 0 spiro atoms. The molecule has 0 saturated carbocycles. The van der Waals surface area contributed by atoms with Crippen molar-refractivity contribution in [3.63, 3.8) is 0 Å². The van der Waals surface area contributed by atoms with Crippen LogP contribution in [0.15, 0.2) is 42.6 Å². The van der Waals surface area contributed by atoms with E-state index in [0.717, 1.165) is 56.0 Å². The summed E-state index contributed by atoms with van der Waals surface area (Å²) < 4.78 is 28.7. The summed E-state index contributed by atoms with van der Waals surface area (Å²) in [5.41, 5.74) is 0.380. The molecule has 0 aliphatic carbocycles. The van der Waals surface area contributed by atoms with Crippen molar-refractivity contribution < 1.29 is 18.7 Å². The second kappa shape index (κ2) is 12.4. The highest BCUT2D eigenvalue weighted by atomic mass is 35.5. The van der Waals surface area contributed by atoms with Crippen LogP contribution in [0.5, 0.6) is 6.01 Å². The van der Waals surface area contributed by atoms with Crippen molar-refractivity contribution in [2.24, 2.45) is 5.92 Å². The third-order valence-electron chi connectivity index (χ3n) is 9.86. The van der Waals surface area contributed by atoms with Crippen LogP contribution in [0.1, 0.15) is 52.9 Å². The van der Waals surface area contributed by atoms with E-state index in [1.54, 1.807) is 24.2 Å². The Bertz CT molecular complexity index is 1820. The molecular weight excluding hydrogens is 619 g/mol. The number of nitrogens with zero attached hydrogens (tertiary/aromatic N) is 6. The predicted molar refractivity (Wildman–Crippen MR) is 183 cm³/mol. The summed E-state index contributed by atoms with van der Waals surface area (Å²) in [5, 5.41) is 2.70. The standard InChI is InChI=1S/C36H42ClFN6O3/c1-35(2,3)47-34(45)42(4)20-23-13-18-43(21-23)32-26-19-39-30(25-11-5-9-24-10-6-12-27(37)28(24)25)29(38)31(26)40-33(41-32)46-22-36-14-7-16-44(36)17-8-15-36/h5-6,9-12,19,23H,7-8,13-18,20-22H2,1-4H3/t23-/m1/s1. The molecule has 0 N–H and O–H groups in total. The highest BCUT2D eigenvalue weighted by molar-refractivity contribution is 6.36. The minimum Gasteiger partial charge on any atom is -0.461 e. The number of carbonyl (C=O) groups excluding carboxylic acids is 1. The molecule has 3 saturated heterocycles. The number of ether oxygens (including phenoxy) is 2. The first-order valence-electron chi connectivity index (χ1n) is 16.6. The van der Waals surface area contributed by atoms with Crippen molar-refractivity contribution >= 4 is 45.2 Å². The van der Waals surface area contributed by atoms with Gasteiger partial charge in [0.25, 0.3) is 0 Å². The van der Waals surface area contributed by atoms with E-state index in [1.807, 2.05) is 51.1 Å². The normalized spacial score (nSPS) is 19.4. The Morgan fingerprint density at radius 3 is 2.60 bits per heavy atom. The van der Waals surface area contributed by atoms with Gasteiger partial charge in [-0.25, -0.2) is 9.18 Å². The van der Waals surface area contributed by atoms with Crippen LogP contribution in [0.3, 0.4) is 0 Å². The number of halogens is 2. The van der Waals surface area contributed by atoms with Crippen LogP contribution in [-0.2, 0) is 4.74 Å². The molecule has 248 valence electrons. The fourth-order valence-electron chi connectivity index (χ4n) is 7.64. The van der Waals surface area contributed by atoms with Gasteiger partial charge in [0.05, 0.1) is 10.9 Å². The summed E-state index contributed by atoms with van der Waals surface area (Å²) in [6.07, 6.45) is 6.62. The van der Waals surface area contributed by atoms with E-state index in [9.17, 15) is 4.79 Å². The van der Waals surface area contributed by atoms with Crippen LogP contribution in [0.25, 0.3) is 32.9 Å². The van der Waals surface area contributed by atoms with Crippen LogP contribution in [0.4, 0.5) is 15.0 Å². The highest BCUT2D eigenvalue weighted by Crippen LogP contribution is 2.41. The molecule has 5 heterocycles. The Kier molecular flexibility index (Phi) is 8.37. The lowest BCUT2D eigenvalue weighted by molar-refractivity contribution is 0.0277. The maximum absolute atomic E-state index is 16.8. The number of hydrogen-bond acceptors (Lipinski definition) is 8. The van der Waals surface area contributed by atoms with E-state index in [0.29, 0.717) is 48.0 Å². The summed E-state index contributed by atoms with van der Waals surface area (Å²) in [5.74, 6) is 0.236. The minimum atomic E-state index is -0.565. The zero-order valence-corrected chi connectivity index (χ0v) is 28.3. The molecule has 3 aliphatic heterocycles. The van der Waals surface area contributed by atoms with Gasteiger partial charge in [0.1, 0.15) is 29.2 Å². The van der Waals surface area contributed by atoms with Crippen LogP contribution in [0.2, 0.25) is 5.02 Å². The van der Waals surface area contributed by atoms with Crippen molar-refractivity contribution in [3.05, 3.63) is 53.4 Å². The number of rotatable bonds is 7. The molecule has 2 aromatic carbocycles. The number of amides is 1. The first-order valence-corrected chi connectivity index (χ1v) is 17.0. The number of fused-ring (bicyclic) bond motifs is 3. The van der Waals surface area contributed by atoms with Gasteiger partial charge < -0.3 is 19.3 Å². The first kappa shape index (κ1) is 31.8. The lowest BCUT2D eigenvalue weighted by Crippen LogP contribution is -2.43. The molecule has 7 rings (SSSR count). The number of anilines is 1. The van der Waals surface area contributed by atoms with Crippen molar-refractivity contribution in [1.29, 1.82) is 0 Å². The van der Waals surface area contributed by atoms with E-state index in [1.165, 1.54) is 0 Å². The summed E-state index contributed by atoms with van der Waals surface area (Å²) in [6, 6.07) is 11.5. The Hall–Kier alpha value is -3.76. The van der Waals surface area contributed by atoms with Crippen LogP contribution < -0.4 is 9.64 Å². The van der Waals surface area contributed by atoms with E-state index >= 15 is 4.39 Å². The van der Waals surface area contributed by atoms with Crippen molar-refractivity contribution in [2.45, 2.75) is 64.0 Å². The molecule has 47 heavy (non-hydrogen) atoms. The Morgan fingerprint density at radius 2 is 1.85 bits per heavy atom. The van der Waals surface area contributed by atoms with Gasteiger partial charge in [-0.3, -0.25) is 9.88 Å². The summed E-state index contributed by atoms with van der Waals surface area (Å²) in [7, 11) is 1.76. The monoisotopic (exact) mass is 660 g/mol. The molecule has 2 aromatic heterocycles. The largest absolute Gasteiger partial charge is 0.461 e.